The number of nitrogens with two attached hydrogens (primary N) is 1. The normalized spacial score (nSPS) is 24.8. The van der Waals surface area contributed by atoms with Crippen molar-refractivity contribution < 1.29 is 19.4 Å². The van der Waals surface area contributed by atoms with Crippen LogP contribution in [-0.4, -0.2) is 53.7 Å². The zero-order valence-corrected chi connectivity index (χ0v) is 14.4. The average Bonchev–Trinajstić information content (AvgIpc) is 2.92. The topological polar surface area (TPSA) is 92.9 Å². The van der Waals surface area contributed by atoms with Crippen LogP contribution in [0.2, 0.25) is 0 Å². The Hall–Kier alpha value is -1.40. The summed E-state index contributed by atoms with van der Waals surface area (Å²) in [4.78, 5) is 25.8. The number of likely N-dealkylation sites (tertiary alicyclic amines) is 1. The molecular weight excluding hydrogens is 296 g/mol. The van der Waals surface area contributed by atoms with Gasteiger partial charge >= 0.3 is 5.97 Å². The monoisotopic (exact) mass is 326 g/mol. The number of esters is 1. The highest BCUT2D eigenvalue weighted by molar-refractivity contribution is 5.88. The number of carbonyl (C=O) groups is 2. The number of ether oxygens (including phenoxy) is 1. The highest BCUT2D eigenvalue weighted by Crippen LogP contribution is 2.24. The van der Waals surface area contributed by atoms with Crippen LogP contribution in [0.15, 0.2) is 12.7 Å². The van der Waals surface area contributed by atoms with Gasteiger partial charge in [0.2, 0.25) is 5.91 Å². The van der Waals surface area contributed by atoms with Gasteiger partial charge in [-0.2, -0.15) is 0 Å². The number of hydrogen-bond acceptors (Lipinski definition) is 5. The van der Waals surface area contributed by atoms with E-state index in [2.05, 4.69) is 13.5 Å². The van der Waals surface area contributed by atoms with Gasteiger partial charge in [0.05, 0.1) is 19.3 Å². The van der Waals surface area contributed by atoms with Crippen LogP contribution in [-0.2, 0) is 14.3 Å². The number of methoxy groups -OCH3 is 1. The molecule has 5 atom stereocenters. The molecular formula is C17H30N2O4. The molecule has 0 aromatic rings. The molecule has 0 aromatic carbocycles. The summed E-state index contributed by atoms with van der Waals surface area (Å²) in [6.07, 6.45) is 4.17. The molecule has 1 fully saturated rings. The molecule has 0 aliphatic carbocycles. The first kappa shape index (κ1) is 19.6. The van der Waals surface area contributed by atoms with Crippen molar-refractivity contribution in [3.8, 4) is 0 Å². The quantitative estimate of drug-likeness (QED) is 0.514. The molecule has 132 valence electrons. The van der Waals surface area contributed by atoms with Gasteiger partial charge in [-0.05, 0) is 31.1 Å². The third-order valence-corrected chi connectivity index (χ3v) is 4.57. The van der Waals surface area contributed by atoms with Gasteiger partial charge in [0, 0.05) is 13.0 Å². The molecule has 0 aromatic heterocycles. The number of aliphatic hydroxyl groups excluding tert-OH is 1. The molecule has 0 bridgehead atoms. The highest BCUT2D eigenvalue weighted by Gasteiger charge is 2.41. The van der Waals surface area contributed by atoms with Crippen molar-refractivity contribution in [2.24, 2.45) is 17.6 Å². The molecule has 0 saturated carbocycles. The highest BCUT2D eigenvalue weighted by atomic mass is 16.5. The van der Waals surface area contributed by atoms with Gasteiger partial charge in [-0.25, -0.2) is 4.79 Å². The second-order valence-electron chi connectivity index (χ2n) is 6.63. The molecule has 1 rings (SSSR count). The van der Waals surface area contributed by atoms with Gasteiger partial charge in [-0.15, -0.1) is 6.58 Å². The molecule has 1 aliphatic heterocycles. The Morgan fingerprint density at radius 1 is 1.48 bits per heavy atom. The first-order valence-corrected chi connectivity index (χ1v) is 8.24. The average molecular weight is 326 g/mol. The lowest BCUT2D eigenvalue weighted by atomic mass is 9.88. The van der Waals surface area contributed by atoms with Crippen molar-refractivity contribution in [1.29, 1.82) is 0 Å². The van der Waals surface area contributed by atoms with Gasteiger partial charge in [-0.1, -0.05) is 19.9 Å². The molecule has 0 spiro atoms. The lowest BCUT2D eigenvalue weighted by Gasteiger charge is -2.29. The fourth-order valence-electron chi connectivity index (χ4n) is 3.15. The van der Waals surface area contributed by atoms with E-state index in [0.29, 0.717) is 5.92 Å². The number of aliphatic hydroxyl groups is 1. The fourth-order valence-corrected chi connectivity index (χ4v) is 3.15. The minimum Gasteiger partial charge on any atom is -0.467 e. The van der Waals surface area contributed by atoms with Gasteiger partial charge in [0.15, 0.2) is 0 Å². The Morgan fingerprint density at radius 2 is 2.13 bits per heavy atom. The maximum Gasteiger partial charge on any atom is 0.328 e. The molecule has 1 saturated heterocycles. The van der Waals surface area contributed by atoms with Crippen molar-refractivity contribution >= 4 is 11.9 Å². The van der Waals surface area contributed by atoms with E-state index < -0.39 is 24.2 Å². The van der Waals surface area contributed by atoms with Crippen molar-refractivity contribution in [2.45, 2.75) is 57.7 Å². The Labute approximate surface area is 138 Å². The summed E-state index contributed by atoms with van der Waals surface area (Å²) >= 11 is 0. The number of rotatable bonds is 8. The largest absolute Gasteiger partial charge is 0.467 e. The number of β-amino-alcohol motifs (C(OH)–C–C–N with tert-alkyl or cyclic N) is 1. The van der Waals surface area contributed by atoms with Crippen LogP contribution in [0.25, 0.3) is 0 Å². The molecule has 6 nitrogen and oxygen atoms in total. The third-order valence-electron chi connectivity index (χ3n) is 4.57. The molecule has 1 amide bonds. The van der Waals surface area contributed by atoms with Crippen LogP contribution >= 0.6 is 0 Å². The smallest absolute Gasteiger partial charge is 0.328 e. The first-order valence-electron chi connectivity index (χ1n) is 8.24. The minimum atomic E-state index is -0.737. The summed E-state index contributed by atoms with van der Waals surface area (Å²) in [6, 6.07) is -1.42. The lowest BCUT2D eigenvalue weighted by molar-refractivity contribution is -0.151. The number of carbonyl (C=O) groups excluding carboxylic acids is 2. The first-order chi connectivity index (χ1) is 10.8. The number of nitrogens with zero attached hydrogens (tertiary/aromatic N) is 1. The maximum absolute atomic E-state index is 12.6. The van der Waals surface area contributed by atoms with E-state index in [9.17, 15) is 14.7 Å². The van der Waals surface area contributed by atoms with E-state index in [-0.39, 0.29) is 24.8 Å². The van der Waals surface area contributed by atoms with E-state index in [1.54, 1.807) is 0 Å². The van der Waals surface area contributed by atoms with Crippen LogP contribution in [0, 0.1) is 11.8 Å². The van der Waals surface area contributed by atoms with Crippen LogP contribution in [0.3, 0.4) is 0 Å². The summed E-state index contributed by atoms with van der Waals surface area (Å²) < 4.78 is 4.72. The van der Waals surface area contributed by atoms with Gasteiger partial charge in [0.1, 0.15) is 6.04 Å². The zero-order chi connectivity index (χ0) is 17.6. The summed E-state index contributed by atoms with van der Waals surface area (Å²) in [5.74, 6) is -0.352. The molecule has 1 unspecified atom stereocenters. The van der Waals surface area contributed by atoms with Gasteiger partial charge < -0.3 is 20.5 Å². The summed E-state index contributed by atoms with van der Waals surface area (Å²) in [6.45, 7) is 7.93. The Kier molecular flexibility index (Phi) is 7.72. The van der Waals surface area contributed by atoms with Crippen LogP contribution in [0.4, 0.5) is 0 Å². The molecule has 1 aliphatic rings. The zero-order valence-electron chi connectivity index (χ0n) is 14.4. The standard InChI is InChI=1S/C17H30N2O4/c1-5-6-7-11(2)8-12(3)15(18)16(21)19-10-13(20)9-14(19)17(22)23-4/h5,11-15,20H,1,6-10,18H2,2-4H3/t11?,12-,13-,14+,15+/m1/s1. The summed E-state index contributed by atoms with van der Waals surface area (Å²) in [7, 11) is 1.28. The van der Waals surface area contributed by atoms with E-state index in [4.69, 9.17) is 10.5 Å². The molecule has 6 heteroatoms. The van der Waals surface area contributed by atoms with Crippen LogP contribution < -0.4 is 5.73 Å². The van der Waals surface area contributed by atoms with Crippen LogP contribution in [0.1, 0.15) is 39.5 Å². The predicted molar refractivity (Wildman–Crippen MR) is 88.5 cm³/mol. The number of allylic oxidation sites excluding steroid dienone is 1. The fraction of sp³-hybridized carbons (Fsp3) is 0.765. The van der Waals surface area contributed by atoms with Crippen molar-refractivity contribution in [3.05, 3.63) is 12.7 Å². The number of amides is 1. The Balaban J connectivity index is 2.66. The molecule has 3 N–H and O–H groups in total. The van der Waals surface area contributed by atoms with Crippen molar-refractivity contribution in [1.82, 2.24) is 4.90 Å². The predicted octanol–water partition coefficient (Wildman–Crippen LogP) is 1.08. The van der Waals surface area contributed by atoms with Crippen LogP contribution in [0.5, 0.6) is 0 Å². The van der Waals surface area contributed by atoms with Gasteiger partial charge in [0.25, 0.3) is 0 Å². The van der Waals surface area contributed by atoms with E-state index in [0.717, 1.165) is 19.3 Å². The summed E-state index contributed by atoms with van der Waals surface area (Å²) in [5.41, 5.74) is 6.12. The number of hydrogen-bond donors (Lipinski definition) is 2. The van der Waals surface area contributed by atoms with Crippen molar-refractivity contribution in [3.63, 3.8) is 0 Å². The van der Waals surface area contributed by atoms with E-state index in [1.807, 2.05) is 13.0 Å². The Bertz CT molecular complexity index is 427. The van der Waals surface area contributed by atoms with E-state index >= 15 is 0 Å². The minimum absolute atomic E-state index is 0.00152. The second-order valence-corrected chi connectivity index (χ2v) is 6.63. The molecule has 1 heterocycles. The van der Waals surface area contributed by atoms with Crippen molar-refractivity contribution in [2.75, 3.05) is 13.7 Å². The molecule has 0 radical (unpaired) electrons. The SMILES string of the molecule is C=CCCC(C)C[C@@H](C)[C@H](N)C(=O)N1C[C@H](O)C[C@H]1C(=O)OC. The third kappa shape index (κ3) is 5.32. The maximum atomic E-state index is 12.6. The molecule has 23 heavy (non-hydrogen) atoms. The van der Waals surface area contributed by atoms with E-state index in [1.165, 1.54) is 12.0 Å². The summed E-state index contributed by atoms with van der Waals surface area (Å²) in [5, 5.41) is 9.77. The lowest BCUT2D eigenvalue weighted by Crippen LogP contribution is -2.51. The van der Waals surface area contributed by atoms with Gasteiger partial charge in [-0.3, -0.25) is 4.79 Å². The Morgan fingerprint density at radius 3 is 2.70 bits per heavy atom. The second kappa shape index (κ2) is 9.03.